The van der Waals surface area contributed by atoms with E-state index in [1.807, 2.05) is 6.92 Å². The van der Waals surface area contributed by atoms with Crippen LogP contribution in [-0.4, -0.2) is 55.0 Å². The lowest BCUT2D eigenvalue weighted by Crippen LogP contribution is -2.41. The highest BCUT2D eigenvalue weighted by Crippen LogP contribution is 2.36. The molecule has 0 N–H and O–H groups in total. The maximum atomic E-state index is 12.3. The van der Waals surface area contributed by atoms with Crippen molar-refractivity contribution in [1.29, 1.82) is 0 Å². The molecule has 1 heterocycles. The smallest absolute Gasteiger partial charge is 0.325 e. The van der Waals surface area contributed by atoms with E-state index in [1.54, 1.807) is 11.9 Å². The van der Waals surface area contributed by atoms with Crippen molar-refractivity contribution >= 4 is 11.9 Å². The molecule has 9 nitrogen and oxygen atoms in total. The molecule has 0 saturated carbocycles. The summed E-state index contributed by atoms with van der Waals surface area (Å²) in [6.45, 7) is 7.51. The fourth-order valence-electron chi connectivity index (χ4n) is 2.89. The Morgan fingerprint density at radius 3 is 2.57 bits per heavy atom. The molecule has 2 unspecified atom stereocenters. The minimum absolute atomic E-state index is 0.0304. The van der Waals surface area contributed by atoms with Crippen LogP contribution in [0.4, 0.5) is 0 Å². The van der Waals surface area contributed by atoms with Crippen LogP contribution in [0.5, 0.6) is 0 Å². The number of methoxy groups -OCH3 is 1. The van der Waals surface area contributed by atoms with Gasteiger partial charge in [-0.05, 0) is 26.8 Å². The summed E-state index contributed by atoms with van der Waals surface area (Å²) in [5, 5.41) is 9.25. The summed E-state index contributed by atoms with van der Waals surface area (Å²) in [6.07, 6.45) is -1.30. The maximum absolute atomic E-state index is 12.3. The van der Waals surface area contributed by atoms with E-state index in [1.165, 1.54) is 14.0 Å². The van der Waals surface area contributed by atoms with Gasteiger partial charge in [0.1, 0.15) is 6.04 Å². The first-order valence-electron chi connectivity index (χ1n) is 7.11. The van der Waals surface area contributed by atoms with Crippen molar-refractivity contribution in [1.82, 2.24) is 4.90 Å². The van der Waals surface area contributed by atoms with Gasteiger partial charge in [0.2, 0.25) is 6.29 Å². The zero-order chi connectivity index (χ0) is 17.7. The van der Waals surface area contributed by atoms with Gasteiger partial charge in [0.05, 0.1) is 13.5 Å². The fourth-order valence-corrected chi connectivity index (χ4v) is 2.89. The van der Waals surface area contributed by atoms with Crippen molar-refractivity contribution in [3.63, 3.8) is 0 Å². The van der Waals surface area contributed by atoms with Gasteiger partial charge in [-0.3, -0.25) is 19.3 Å². The summed E-state index contributed by atoms with van der Waals surface area (Å²) < 4.78 is 9.65. The van der Waals surface area contributed by atoms with Crippen molar-refractivity contribution in [2.75, 3.05) is 20.7 Å². The first-order chi connectivity index (χ1) is 10.7. The third-order valence-electron chi connectivity index (χ3n) is 3.90. The predicted molar refractivity (Wildman–Crippen MR) is 78.5 cm³/mol. The minimum Gasteiger partial charge on any atom is -0.469 e. The number of likely N-dealkylation sites (tertiary alicyclic amines) is 1. The molecule has 0 amide bonds. The van der Waals surface area contributed by atoms with Gasteiger partial charge in [-0.1, -0.05) is 12.2 Å². The molecule has 1 aliphatic rings. The van der Waals surface area contributed by atoms with Gasteiger partial charge in [-0.15, -0.1) is 10.1 Å². The van der Waals surface area contributed by atoms with Crippen LogP contribution >= 0.6 is 0 Å². The lowest BCUT2D eigenvalue weighted by molar-refractivity contribution is -0.777. The number of esters is 2. The van der Waals surface area contributed by atoms with Gasteiger partial charge in [0.15, 0.2) is 0 Å². The second kappa shape index (κ2) is 7.91. The number of hydrogen-bond acceptors (Lipinski definition) is 8. The first kappa shape index (κ1) is 18.9. The summed E-state index contributed by atoms with van der Waals surface area (Å²) in [4.78, 5) is 40.2. The van der Waals surface area contributed by atoms with E-state index in [-0.39, 0.29) is 18.3 Å². The second-order valence-electron chi connectivity index (χ2n) is 5.61. The van der Waals surface area contributed by atoms with Gasteiger partial charge >= 0.3 is 11.9 Å². The Morgan fingerprint density at radius 2 is 2.09 bits per heavy atom. The Bertz CT molecular complexity index is 494. The van der Waals surface area contributed by atoms with E-state index in [2.05, 4.69) is 16.2 Å². The molecular formula is C14H22N2O7. The van der Waals surface area contributed by atoms with E-state index in [9.17, 15) is 19.7 Å². The average Bonchev–Trinajstić information content (AvgIpc) is 2.74. The number of ether oxygens (including phenoxy) is 2. The summed E-state index contributed by atoms with van der Waals surface area (Å²) in [6, 6.07) is -0.728. The number of nitrogens with zero attached hydrogens (tertiary/aromatic N) is 2. The van der Waals surface area contributed by atoms with Crippen LogP contribution in [0.1, 0.15) is 20.3 Å². The molecule has 1 rings (SSSR count). The van der Waals surface area contributed by atoms with Gasteiger partial charge in [0, 0.05) is 12.5 Å². The van der Waals surface area contributed by atoms with Crippen molar-refractivity contribution in [2.45, 2.75) is 32.6 Å². The van der Waals surface area contributed by atoms with Gasteiger partial charge in [-0.2, -0.15) is 0 Å². The molecule has 23 heavy (non-hydrogen) atoms. The van der Waals surface area contributed by atoms with Crippen molar-refractivity contribution < 1.29 is 29.0 Å². The zero-order valence-electron chi connectivity index (χ0n) is 13.7. The van der Waals surface area contributed by atoms with E-state index in [0.717, 1.165) is 5.57 Å². The number of carbonyl (C=O) groups excluding carboxylic acids is 2. The van der Waals surface area contributed by atoms with Crippen LogP contribution in [0.2, 0.25) is 0 Å². The molecule has 0 spiro atoms. The van der Waals surface area contributed by atoms with E-state index < -0.39 is 29.4 Å². The van der Waals surface area contributed by atoms with Crippen LogP contribution in [-0.2, 0) is 23.9 Å². The fraction of sp³-hybridized carbons (Fsp3) is 0.714. The van der Waals surface area contributed by atoms with E-state index in [4.69, 9.17) is 4.74 Å². The second-order valence-corrected chi connectivity index (χ2v) is 5.61. The highest BCUT2D eigenvalue weighted by atomic mass is 17.0. The van der Waals surface area contributed by atoms with E-state index in [0.29, 0.717) is 6.54 Å². The highest BCUT2D eigenvalue weighted by molar-refractivity contribution is 5.79. The van der Waals surface area contributed by atoms with Gasteiger partial charge in [0.25, 0.3) is 5.09 Å². The molecule has 0 aromatic rings. The average molecular weight is 330 g/mol. The maximum Gasteiger partial charge on any atom is 0.325 e. The Morgan fingerprint density at radius 1 is 1.48 bits per heavy atom. The number of carbonyl (C=O) groups is 2. The van der Waals surface area contributed by atoms with Crippen LogP contribution < -0.4 is 0 Å². The minimum atomic E-state index is -1.33. The van der Waals surface area contributed by atoms with Crippen molar-refractivity contribution in [3.05, 3.63) is 22.3 Å². The van der Waals surface area contributed by atoms with Crippen molar-refractivity contribution in [3.8, 4) is 0 Å². The van der Waals surface area contributed by atoms with Crippen LogP contribution in [0.15, 0.2) is 12.2 Å². The quantitative estimate of drug-likeness (QED) is 0.221. The monoisotopic (exact) mass is 330 g/mol. The van der Waals surface area contributed by atoms with E-state index >= 15 is 0 Å². The molecule has 0 radical (unpaired) electrons. The highest BCUT2D eigenvalue weighted by Gasteiger charge is 2.46. The lowest BCUT2D eigenvalue weighted by Gasteiger charge is -2.25. The number of hydrogen-bond donors (Lipinski definition) is 0. The zero-order valence-corrected chi connectivity index (χ0v) is 13.7. The summed E-state index contributed by atoms with van der Waals surface area (Å²) >= 11 is 0. The topological polar surface area (TPSA) is 108 Å². The number of likely N-dealkylation sites (N-methyl/N-ethyl adjacent to an activating group) is 1. The molecule has 9 heteroatoms. The Hall–Kier alpha value is -2.16. The third-order valence-corrected chi connectivity index (χ3v) is 3.90. The predicted octanol–water partition coefficient (Wildman–Crippen LogP) is 0.770. The molecule has 0 aromatic carbocycles. The van der Waals surface area contributed by atoms with Crippen LogP contribution in [0, 0.1) is 22.0 Å². The molecule has 1 saturated heterocycles. The molecule has 1 aliphatic heterocycles. The van der Waals surface area contributed by atoms with Crippen molar-refractivity contribution in [2.24, 2.45) is 11.8 Å². The molecule has 1 fully saturated rings. The van der Waals surface area contributed by atoms with Gasteiger partial charge < -0.3 is 9.47 Å². The Kier molecular flexibility index (Phi) is 6.49. The normalized spacial score (nSPS) is 25.5. The summed E-state index contributed by atoms with van der Waals surface area (Å²) in [5.41, 5.74) is 0.843. The Balaban J connectivity index is 2.90. The SMILES string of the molecule is C=C(C)C1CN(C)[C@H](C(=O)OC(C)O[N+](=O)[O-])[C@H]1CC(=O)OC. The Labute approximate surface area is 134 Å². The summed E-state index contributed by atoms with van der Waals surface area (Å²) in [7, 11) is 3.00. The van der Waals surface area contributed by atoms with Crippen LogP contribution in [0.25, 0.3) is 0 Å². The molecule has 4 atom stereocenters. The molecule has 130 valence electrons. The van der Waals surface area contributed by atoms with Gasteiger partial charge in [-0.25, -0.2) is 0 Å². The molecule has 0 bridgehead atoms. The standard InChI is InChI=1S/C14H22N2O7/c1-8(2)11-7-15(4)13(10(11)6-12(17)21-5)14(18)22-9(3)23-16(19)20/h9-11,13H,1,6-7H2,2-5H3/t9?,10-,11?,13-/m0/s1. The number of rotatable bonds is 7. The molecule has 0 aromatic heterocycles. The molecular weight excluding hydrogens is 308 g/mol. The first-order valence-corrected chi connectivity index (χ1v) is 7.11. The largest absolute Gasteiger partial charge is 0.469 e. The lowest BCUT2D eigenvalue weighted by atomic mass is 9.84. The van der Waals surface area contributed by atoms with Crippen LogP contribution in [0.3, 0.4) is 0 Å². The molecule has 0 aliphatic carbocycles. The third kappa shape index (κ3) is 4.92. The summed E-state index contributed by atoms with van der Waals surface area (Å²) in [5.74, 6) is -1.58.